The summed E-state index contributed by atoms with van der Waals surface area (Å²) in [4.78, 5) is 10.6. The van der Waals surface area contributed by atoms with Gasteiger partial charge >= 0.3 is 12.1 Å². The number of rotatable bonds is 4. The van der Waals surface area contributed by atoms with Gasteiger partial charge in [0.15, 0.2) is 0 Å². The molecule has 0 saturated carbocycles. The molecule has 0 aromatic carbocycles. The van der Waals surface area contributed by atoms with Crippen LogP contribution in [-0.4, -0.2) is 25.9 Å². The second-order valence-electron chi connectivity index (χ2n) is 3.53. The molecule has 2 aromatic heterocycles. The molecule has 0 amide bonds. The van der Waals surface area contributed by atoms with E-state index in [0.29, 0.717) is 4.68 Å². The zero-order valence-electron chi connectivity index (χ0n) is 9.59. The summed E-state index contributed by atoms with van der Waals surface area (Å²) in [6, 6.07) is 2.64. The molecule has 2 heterocycles. The molecule has 0 spiro atoms. The van der Waals surface area contributed by atoms with Crippen molar-refractivity contribution in [1.29, 1.82) is 0 Å². The fourth-order valence-corrected chi connectivity index (χ4v) is 2.03. The van der Waals surface area contributed by atoms with Crippen LogP contribution in [0.5, 0.6) is 0 Å². The van der Waals surface area contributed by atoms with Crippen LogP contribution < -0.4 is 5.84 Å². The van der Waals surface area contributed by atoms with E-state index < -0.39 is 18.0 Å². The fraction of sp³-hybridized carbons (Fsp3) is 0.222. The highest BCUT2D eigenvalue weighted by Gasteiger charge is 2.38. The Morgan fingerprint density at radius 1 is 1.45 bits per heavy atom. The molecule has 0 bridgehead atoms. The van der Waals surface area contributed by atoms with Crippen molar-refractivity contribution in [3.05, 3.63) is 29.5 Å². The van der Waals surface area contributed by atoms with Crippen LogP contribution in [0.2, 0.25) is 0 Å². The highest BCUT2D eigenvalue weighted by molar-refractivity contribution is 7.98. The summed E-state index contributed by atoms with van der Waals surface area (Å²) in [5.74, 6) is 2.76. The Labute approximate surface area is 113 Å². The lowest BCUT2D eigenvalue weighted by molar-refractivity contribution is -0.146. The summed E-state index contributed by atoms with van der Waals surface area (Å²) >= 11 is 0.840. The maximum Gasteiger partial charge on any atom is 0.453 e. The first-order valence-electron chi connectivity index (χ1n) is 5.01. The molecule has 0 aliphatic carbocycles. The van der Waals surface area contributed by atoms with Crippen LogP contribution >= 0.6 is 11.8 Å². The summed E-state index contributed by atoms with van der Waals surface area (Å²) in [5.41, 5.74) is 0. The van der Waals surface area contributed by atoms with Gasteiger partial charge in [0.2, 0.25) is 10.9 Å². The zero-order valence-corrected chi connectivity index (χ0v) is 10.4. The molecule has 0 fully saturated rings. The van der Waals surface area contributed by atoms with E-state index in [1.807, 2.05) is 0 Å². The average Bonchev–Trinajstić information content (AvgIpc) is 2.92. The SMILES string of the molecule is Nn1c(SCc2ccc(C(=O)O)o2)nnc1C(F)(F)F. The third-order valence-electron chi connectivity index (χ3n) is 2.13. The topological polar surface area (TPSA) is 107 Å². The van der Waals surface area contributed by atoms with Crippen molar-refractivity contribution in [1.82, 2.24) is 14.9 Å². The minimum Gasteiger partial charge on any atom is -0.475 e. The second kappa shape index (κ2) is 5.07. The molecule has 2 rings (SSSR count). The Balaban J connectivity index is 2.07. The number of hydrogen-bond acceptors (Lipinski definition) is 6. The summed E-state index contributed by atoms with van der Waals surface area (Å²) < 4.78 is 42.5. The second-order valence-corrected chi connectivity index (χ2v) is 4.48. The van der Waals surface area contributed by atoms with Crippen molar-refractivity contribution in [2.75, 3.05) is 5.84 Å². The van der Waals surface area contributed by atoms with E-state index in [1.54, 1.807) is 0 Å². The van der Waals surface area contributed by atoms with E-state index >= 15 is 0 Å². The molecule has 0 saturated heterocycles. The molecule has 3 N–H and O–H groups in total. The number of carbonyl (C=O) groups is 1. The molecular weight excluding hydrogens is 301 g/mol. The van der Waals surface area contributed by atoms with Crippen LogP contribution in [0.25, 0.3) is 0 Å². The Bertz CT molecular complexity index is 637. The number of alkyl halides is 3. The molecule has 7 nitrogen and oxygen atoms in total. The minimum atomic E-state index is -4.69. The number of aromatic carboxylic acids is 1. The van der Waals surface area contributed by atoms with Gasteiger partial charge in [0.25, 0.3) is 5.82 Å². The molecular formula is C9H7F3N4O3S. The van der Waals surface area contributed by atoms with Crippen LogP contribution in [0.3, 0.4) is 0 Å². The van der Waals surface area contributed by atoms with Gasteiger partial charge in [-0.2, -0.15) is 13.2 Å². The molecule has 0 aliphatic rings. The Morgan fingerprint density at radius 2 is 2.15 bits per heavy atom. The van der Waals surface area contributed by atoms with Gasteiger partial charge in [0.1, 0.15) is 5.76 Å². The van der Waals surface area contributed by atoms with E-state index in [1.165, 1.54) is 12.1 Å². The van der Waals surface area contributed by atoms with E-state index in [2.05, 4.69) is 10.2 Å². The standard InChI is InChI=1S/C9H7F3N4O3S/c10-9(11,12)7-14-15-8(16(7)13)20-3-4-1-2-5(19-4)6(17)18/h1-2H,3,13H2,(H,17,18). The third kappa shape index (κ3) is 2.87. The lowest BCUT2D eigenvalue weighted by atomic mass is 10.4. The first-order chi connectivity index (χ1) is 9.29. The number of thioether (sulfide) groups is 1. The summed E-state index contributed by atoms with van der Waals surface area (Å²) in [6.45, 7) is 0. The largest absolute Gasteiger partial charge is 0.475 e. The lowest BCUT2D eigenvalue weighted by Crippen LogP contribution is -2.21. The van der Waals surface area contributed by atoms with Gasteiger partial charge in [-0.3, -0.25) is 0 Å². The van der Waals surface area contributed by atoms with Crippen LogP contribution in [0, 0.1) is 0 Å². The fourth-order valence-electron chi connectivity index (χ4n) is 1.27. The number of halogens is 3. The number of nitrogens with two attached hydrogens (primary N) is 1. The Morgan fingerprint density at radius 3 is 2.65 bits per heavy atom. The summed E-state index contributed by atoms with van der Waals surface area (Å²) in [7, 11) is 0. The first kappa shape index (κ1) is 14.2. The van der Waals surface area contributed by atoms with Gasteiger partial charge in [-0.15, -0.1) is 10.2 Å². The van der Waals surface area contributed by atoms with Crippen LogP contribution in [0.1, 0.15) is 22.1 Å². The molecule has 20 heavy (non-hydrogen) atoms. The number of aromatic nitrogens is 3. The minimum absolute atomic E-state index is 0.0699. The van der Waals surface area contributed by atoms with Crippen molar-refractivity contribution in [2.45, 2.75) is 17.1 Å². The zero-order chi connectivity index (χ0) is 14.9. The number of furan rings is 1. The summed E-state index contributed by atoms with van der Waals surface area (Å²) in [5, 5.41) is 14.7. The van der Waals surface area contributed by atoms with Crippen molar-refractivity contribution >= 4 is 17.7 Å². The van der Waals surface area contributed by atoms with Crippen LogP contribution in [0.15, 0.2) is 21.7 Å². The molecule has 108 valence electrons. The quantitative estimate of drug-likeness (QED) is 0.652. The maximum atomic E-state index is 12.4. The van der Waals surface area contributed by atoms with Crippen molar-refractivity contribution in [2.24, 2.45) is 0 Å². The normalized spacial score (nSPS) is 11.8. The summed E-state index contributed by atoms with van der Waals surface area (Å²) in [6.07, 6.45) is -4.69. The lowest BCUT2D eigenvalue weighted by Gasteiger charge is -2.05. The van der Waals surface area contributed by atoms with Gasteiger partial charge < -0.3 is 15.4 Å². The average molecular weight is 308 g/mol. The highest BCUT2D eigenvalue weighted by atomic mass is 32.2. The third-order valence-corrected chi connectivity index (χ3v) is 3.10. The molecule has 11 heteroatoms. The van der Waals surface area contributed by atoms with Crippen LogP contribution in [-0.2, 0) is 11.9 Å². The van der Waals surface area contributed by atoms with Crippen molar-refractivity contribution < 1.29 is 27.5 Å². The Kier molecular flexibility index (Phi) is 3.61. The van der Waals surface area contributed by atoms with Gasteiger partial charge in [0.05, 0.1) is 5.75 Å². The van der Waals surface area contributed by atoms with Crippen molar-refractivity contribution in [3.63, 3.8) is 0 Å². The number of carboxylic acid groups (broad SMARTS) is 1. The molecule has 0 aliphatic heterocycles. The van der Waals surface area contributed by atoms with E-state index in [0.717, 1.165) is 11.8 Å². The van der Waals surface area contributed by atoms with Gasteiger partial charge in [0, 0.05) is 0 Å². The Hall–Kier alpha value is -2.17. The molecule has 0 radical (unpaired) electrons. The van der Waals surface area contributed by atoms with E-state index in [-0.39, 0.29) is 22.4 Å². The van der Waals surface area contributed by atoms with Gasteiger partial charge in [-0.25, -0.2) is 9.47 Å². The smallest absolute Gasteiger partial charge is 0.453 e. The number of hydrogen-bond donors (Lipinski definition) is 2. The van der Waals surface area contributed by atoms with Crippen molar-refractivity contribution in [3.8, 4) is 0 Å². The molecule has 2 aromatic rings. The predicted molar refractivity (Wildman–Crippen MR) is 60.4 cm³/mol. The first-order valence-corrected chi connectivity index (χ1v) is 6.00. The van der Waals surface area contributed by atoms with E-state index in [9.17, 15) is 18.0 Å². The van der Waals surface area contributed by atoms with Gasteiger partial charge in [-0.05, 0) is 12.1 Å². The van der Waals surface area contributed by atoms with Gasteiger partial charge in [-0.1, -0.05) is 11.8 Å². The maximum absolute atomic E-state index is 12.4. The molecule has 0 atom stereocenters. The predicted octanol–water partition coefficient (Wildman–Crippen LogP) is 1.59. The number of nitrogen functional groups attached to an aromatic ring is 1. The van der Waals surface area contributed by atoms with E-state index in [4.69, 9.17) is 15.4 Å². The monoisotopic (exact) mass is 308 g/mol. The molecule has 0 unspecified atom stereocenters. The van der Waals surface area contributed by atoms with Crippen LogP contribution in [0.4, 0.5) is 13.2 Å². The number of carboxylic acids is 1. The number of nitrogens with zero attached hydrogens (tertiary/aromatic N) is 3. The highest BCUT2D eigenvalue weighted by Crippen LogP contribution is 2.29.